The van der Waals surface area contributed by atoms with Gasteiger partial charge in [-0.05, 0) is 18.4 Å². The maximum absolute atomic E-state index is 12.4. The third-order valence-electron chi connectivity index (χ3n) is 5.41. The highest BCUT2D eigenvalue weighted by molar-refractivity contribution is 7.89. The average molecular weight is 422 g/mol. The summed E-state index contributed by atoms with van der Waals surface area (Å²) in [5, 5.41) is 2.52. The van der Waals surface area contributed by atoms with E-state index < -0.39 is 15.9 Å². The van der Waals surface area contributed by atoms with Crippen molar-refractivity contribution in [2.24, 2.45) is 0 Å². The van der Waals surface area contributed by atoms with Gasteiger partial charge in [0.2, 0.25) is 27.7 Å². The molecule has 8 nitrogen and oxygen atoms in total. The molecule has 0 bridgehead atoms. The molecule has 0 atom stereocenters. The van der Waals surface area contributed by atoms with Gasteiger partial charge in [-0.25, -0.2) is 12.7 Å². The summed E-state index contributed by atoms with van der Waals surface area (Å²) in [6, 6.07) is 9.37. The quantitative estimate of drug-likeness (QED) is 0.658. The predicted octanol–water partition coefficient (Wildman–Crippen LogP) is 0.851. The van der Waals surface area contributed by atoms with Crippen molar-refractivity contribution in [3.63, 3.8) is 0 Å². The Hall–Kier alpha value is -2.26. The molecule has 2 heterocycles. The van der Waals surface area contributed by atoms with E-state index in [1.807, 2.05) is 30.3 Å². The Labute approximate surface area is 171 Å². The van der Waals surface area contributed by atoms with Gasteiger partial charge in [-0.1, -0.05) is 36.8 Å². The van der Waals surface area contributed by atoms with Crippen molar-refractivity contribution in [1.29, 1.82) is 0 Å². The SMILES string of the molecule is O=C(CN1C(=O)CC(c2ccccc2)CC1=O)NCCS(=O)(=O)N1CCCCC1. The summed E-state index contributed by atoms with van der Waals surface area (Å²) in [5.41, 5.74) is 0.932. The van der Waals surface area contributed by atoms with E-state index in [1.165, 1.54) is 4.31 Å². The van der Waals surface area contributed by atoms with Crippen LogP contribution in [0.25, 0.3) is 0 Å². The van der Waals surface area contributed by atoms with E-state index in [1.54, 1.807) is 0 Å². The molecule has 1 aromatic carbocycles. The van der Waals surface area contributed by atoms with E-state index >= 15 is 0 Å². The van der Waals surface area contributed by atoms with Gasteiger partial charge in [-0.15, -0.1) is 0 Å². The Balaban J connectivity index is 1.47. The number of amides is 3. The maximum atomic E-state index is 12.4. The van der Waals surface area contributed by atoms with E-state index in [-0.39, 0.29) is 49.4 Å². The lowest BCUT2D eigenvalue weighted by Crippen LogP contribution is -2.48. The number of rotatable bonds is 7. The van der Waals surface area contributed by atoms with Gasteiger partial charge in [0.15, 0.2) is 0 Å². The zero-order chi connectivity index (χ0) is 20.9. The van der Waals surface area contributed by atoms with Crippen LogP contribution >= 0.6 is 0 Å². The average Bonchev–Trinajstić information content (AvgIpc) is 2.72. The number of carbonyl (C=O) groups is 3. The van der Waals surface area contributed by atoms with Crippen LogP contribution in [0, 0.1) is 0 Å². The monoisotopic (exact) mass is 421 g/mol. The van der Waals surface area contributed by atoms with E-state index in [0.717, 1.165) is 29.7 Å². The van der Waals surface area contributed by atoms with Crippen molar-refractivity contribution >= 4 is 27.7 Å². The fraction of sp³-hybridized carbons (Fsp3) is 0.550. The first-order valence-electron chi connectivity index (χ1n) is 9.99. The van der Waals surface area contributed by atoms with Gasteiger partial charge < -0.3 is 5.32 Å². The van der Waals surface area contributed by atoms with Crippen LogP contribution in [0.4, 0.5) is 0 Å². The molecule has 0 radical (unpaired) electrons. The summed E-state index contributed by atoms with van der Waals surface area (Å²) in [5.74, 6) is -1.65. The molecule has 0 spiro atoms. The molecular weight excluding hydrogens is 394 g/mol. The summed E-state index contributed by atoms with van der Waals surface area (Å²) in [6.07, 6.45) is 3.09. The van der Waals surface area contributed by atoms with Crippen molar-refractivity contribution in [2.75, 3.05) is 31.9 Å². The second kappa shape index (κ2) is 9.49. The number of hydrogen-bond acceptors (Lipinski definition) is 5. The molecule has 29 heavy (non-hydrogen) atoms. The zero-order valence-electron chi connectivity index (χ0n) is 16.4. The minimum Gasteiger partial charge on any atom is -0.353 e. The largest absolute Gasteiger partial charge is 0.353 e. The lowest BCUT2D eigenvalue weighted by molar-refractivity contribution is -0.151. The Morgan fingerprint density at radius 1 is 1.00 bits per heavy atom. The molecule has 9 heteroatoms. The van der Waals surface area contributed by atoms with Crippen molar-refractivity contribution in [1.82, 2.24) is 14.5 Å². The number of nitrogens with zero attached hydrogens (tertiary/aromatic N) is 2. The Kier molecular flexibility index (Phi) is 7.02. The number of likely N-dealkylation sites (tertiary alicyclic amines) is 1. The highest BCUT2D eigenvalue weighted by Gasteiger charge is 2.34. The van der Waals surface area contributed by atoms with Gasteiger partial charge in [0.05, 0.1) is 5.75 Å². The second-order valence-corrected chi connectivity index (χ2v) is 9.60. The molecule has 3 rings (SSSR count). The van der Waals surface area contributed by atoms with Crippen LogP contribution in [0.2, 0.25) is 0 Å². The van der Waals surface area contributed by atoms with Crippen LogP contribution in [-0.2, 0) is 24.4 Å². The fourth-order valence-corrected chi connectivity index (χ4v) is 5.21. The van der Waals surface area contributed by atoms with Crippen LogP contribution < -0.4 is 5.32 Å². The lowest BCUT2D eigenvalue weighted by Gasteiger charge is -2.30. The predicted molar refractivity (Wildman–Crippen MR) is 107 cm³/mol. The van der Waals surface area contributed by atoms with Crippen LogP contribution in [0.1, 0.15) is 43.6 Å². The first kappa shape index (κ1) is 21.4. The third kappa shape index (κ3) is 5.63. The van der Waals surface area contributed by atoms with Crippen molar-refractivity contribution in [3.8, 4) is 0 Å². The summed E-state index contributed by atoms with van der Waals surface area (Å²) in [7, 11) is -3.40. The molecule has 0 saturated carbocycles. The number of piperidine rings is 2. The fourth-order valence-electron chi connectivity index (χ4n) is 3.78. The molecule has 0 aromatic heterocycles. The lowest BCUT2D eigenvalue weighted by atomic mass is 9.88. The molecule has 1 N–H and O–H groups in total. The topological polar surface area (TPSA) is 104 Å². The van der Waals surface area contributed by atoms with Gasteiger partial charge in [0, 0.05) is 38.4 Å². The van der Waals surface area contributed by atoms with Crippen LogP contribution in [0.15, 0.2) is 30.3 Å². The number of hydrogen-bond donors (Lipinski definition) is 1. The molecule has 2 aliphatic rings. The first-order valence-corrected chi connectivity index (χ1v) is 11.6. The van der Waals surface area contributed by atoms with E-state index in [9.17, 15) is 22.8 Å². The molecule has 2 saturated heterocycles. The minimum absolute atomic E-state index is 0.0411. The Morgan fingerprint density at radius 2 is 1.62 bits per heavy atom. The highest BCUT2D eigenvalue weighted by Crippen LogP contribution is 2.29. The van der Waals surface area contributed by atoms with E-state index in [4.69, 9.17) is 0 Å². The van der Waals surface area contributed by atoms with Crippen molar-refractivity contribution in [3.05, 3.63) is 35.9 Å². The number of carbonyl (C=O) groups excluding carboxylic acids is 3. The third-order valence-corrected chi connectivity index (χ3v) is 7.28. The normalized spacial score (nSPS) is 19.4. The molecule has 3 amide bonds. The number of nitrogens with one attached hydrogen (secondary N) is 1. The summed E-state index contributed by atoms with van der Waals surface area (Å²) >= 11 is 0. The molecule has 0 aliphatic carbocycles. The van der Waals surface area contributed by atoms with Crippen molar-refractivity contribution < 1.29 is 22.8 Å². The number of imide groups is 1. The maximum Gasteiger partial charge on any atom is 0.240 e. The summed E-state index contributed by atoms with van der Waals surface area (Å²) in [6.45, 7) is 0.634. The first-order chi connectivity index (χ1) is 13.9. The number of sulfonamides is 1. The minimum atomic E-state index is -3.40. The van der Waals surface area contributed by atoms with E-state index in [2.05, 4.69) is 5.32 Å². The summed E-state index contributed by atoms with van der Waals surface area (Å²) < 4.78 is 26.0. The smallest absolute Gasteiger partial charge is 0.240 e. The van der Waals surface area contributed by atoms with Crippen LogP contribution in [0.3, 0.4) is 0 Å². The van der Waals surface area contributed by atoms with Gasteiger partial charge in [0.1, 0.15) is 6.54 Å². The van der Waals surface area contributed by atoms with Gasteiger partial charge in [-0.3, -0.25) is 19.3 Å². The van der Waals surface area contributed by atoms with Gasteiger partial charge in [0.25, 0.3) is 0 Å². The Bertz CT molecular complexity index is 832. The highest BCUT2D eigenvalue weighted by atomic mass is 32.2. The molecular formula is C20H27N3O5S. The molecule has 1 aromatic rings. The number of benzene rings is 1. The molecule has 2 fully saturated rings. The molecule has 158 valence electrons. The van der Waals surface area contributed by atoms with Gasteiger partial charge >= 0.3 is 0 Å². The Morgan fingerprint density at radius 3 is 2.24 bits per heavy atom. The van der Waals surface area contributed by atoms with Crippen molar-refractivity contribution in [2.45, 2.75) is 38.0 Å². The van der Waals surface area contributed by atoms with E-state index in [0.29, 0.717) is 13.1 Å². The van der Waals surface area contributed by atoms with Crippen LogP contribution in [-0.4, -0.2) is 67.3 Å². The second-order valence-electron chi connectivity index (χ2n) is 7.52. The van der Waals surface area contributed by atoms with Crippen LogP contribution in [0.5, 0.6) is 0 Å². The summed E-state index contributed by atoms with van der Waals surface area (Å²) in [4.78, 5) is 37.9. The van der Waals surface area contributed by atoms with Gasteiger partial charge in [-0.2, -0.15) is 0 Å². The molecule has 0 unspecified atom stereocenters. The zero-order valence-corrected chi connectivity index (χ0v) is 17.2. The standard InChI is InChI=1S/C20H27N3O5S/c24-18(21-9-12-29(27,28)22-10-5-2-6-11-22)15-23-19(25)13-17(14-20(23)26)16-7-3-1-4-8-16/h1,3-4,7-8,17H,2,5-6,9-15H2,(H,21,24). The molecule has 2 aliphatic heterocycles.